The number of likely N-dealkylation sites (tertiary alicyclic amines) is 1. The highest BCUT2D eigenvalue weighted by Gasteiger charge is 2.24. The Morgan fingerprint density at radius 1 is 1.25 bits per heavy atom. The van der Waals surface area contributed by atoms with Gasteiger partial charge in [0.25, 0.3) is 11.8 Å². The van der Waals surface area contributed by atoms with Gasteiger partial charge in [-0.05, 0) is 26.3 Å². The number of hydrogen-bond acceptors (Lipinski definition) is 4. The van der Waals surface area contributed by atoms with E-state index in [1.807, 2.05) is 11.9 Å². The molecule has 0 atom stereocenters. The predicted octanol–water partition coefficient (Wildman–Crippen LogP) is -0.0980. The second kappa shape index (κ2) is 6.65. The molecule has 6 heteroatoms. The van der Waals surface area contributed by atoms with Crippen LogP contribution in [0.4, 0.5) is 0 Å². The normalized spacial score (nSPS) is 20.1. The van der Waals surface area contributed by atoms with Crippen LogP contribution in [0.15, 0.2) is 12.2 Å². The number of carbonyl (C=O) groups excluding carboxylic acids is 3. The summed E-state index contributed by atoms with van der Waals surface area (Å²) in [5, 5.41) is 3.23. The van der Waals surface area contributed by atoms with Crippen molar-refractivity contribution in [2.45, 2.75) is 31.7 Å². The fraction of sp³-hybridized carbons (Fsp3) is 0.643. The number of nitrogens with one attached hydrogen (secondary N) is 1. The van der Waals surface area contributed by atoms with Crippen molar-refractivity contribution in [2.24, 2.45) is 0 Å². The molecule has 0 aromatic rings. The zero-order valence-corrected chi connectivity index (χ0v) is 11.8. The number of rotatable bonds is 5. The summed E-state index contributed by atoms with van der Waals surface area (Å²) in [5.74, 6) is -0.443. The average molecular weight is 279 g/mol. The fourth-order valence-electron chi connectivity index (χ4n) is 2.62. The van der Waals surface area contributed by atoms with Crippen molar-refractivity contribution >= 4 is 17.7 Å². The minimum atomic E-state index is -0.280. The van der Waals surface area contributed by atoms with Gasteiger partial charge in [-0.15, -0.1) is 0 Å². The number of imide groups is 1. The highest BCUT2D eigenvalue weighted by Crippen LogP contribution is 2.12. The van der Waals surface area contributed by atoms with Gasteiger partial charge in [0.15, 0.2) is 0 Å². The molecule has 2 aliphatic heterocycles. The van der Waals surface area contributed by atoms with Gasteiger partial charge in [-0.2, -0.15) is 0 Å². The Hall–Kier alpha value is -1.69. The van der Waals surface area contributed by atoms with Gasteiger partial charge < -0.3 is 10.2 Å². The van der Waals surface area contributed by atoms with Crippen molar-refractivity contribution in [1.29, 1.82) is 0 Å². The third kappa shape index (κ3) is 3.45. The molecule has 0 saturated carbocycles. The van der Waals surface area contributed by atoms with Crippen LogP contribution in [-0.4, -0.2) is 60.2 Å². The number of carbonyl (C=O) groups is 3. The minimum Gasteiger partial charge on any atom is -0.343 e. The van der Waals surface area contributed by atoms with Gasteiger partial charge >= 0.3 is 0 Å². The van der Waals surface area contributed by atoms with Gasteiger partial charge in [0.05, 0.1) is 0 Å². The molecule has 0 aromatic heterocycles. The molecule has 0 radical (unpaired) electrons. The van der Waals surface area contributed by atoms with Gasteiger partial charge in [-0.1, -0.05) is 0 Å². The molecule has 2 rings (SSSR count). The summed E-state index contributed by atoms with van der Waals surface area (Å²) in [5.41, 5.74) is 0. The Bertz CT molecular complexity index is 407. The lowest BCUT2D eigenvalue weighted by molar-refractivity contribution is -0.138. The van der Waals surface area contributed by atoms with Crippen LogP contribution >= 0.6 is 0 Å². The third-order valence-electron chi connectivity index (χ3n) is 3.93. The van der Waals surface area contributed by atoms with Crippen molar-refractivity contribution in [3.05, 3.63) is 12.2 Å². The quantitative estimate of drug-likeness (QED) is 0.714. The van der Waals surface area contributed by atoms with Crippen molar-refractivity contribution in [3.63, 3.8) is 0 Å². The van der Waals surface area contributed by atoms with Gasteiger partial charge in [0.1, 0.15) is 0 Å². The molecule has 1 fully saturated rings. The number of piperidine rings is 1. The molecule has 0 aliphatic carbocycles. The van der Waals surface area contributed by atoms with Gasteiger partial charge in [-0.25, -0.2) is 0 Å². The first kappa shape index (κ1) is 14.7. The van der Waals surface area contributed by atoms with Crippen LogP contribution < -0.4 is 5.32 Å². The van der Waals surface area contributed by atoms with Crippen molar-refractivity contribution < 1.29 is 14.4 Å². The van der Waals surface area contributed by atoms with E-state index in [1.165, 1.54) is 17.1 Å². The van der Waals surface area contributed by atoms with Crippen molar-refractivity contribution in [1.82, 2.24) is 15.1 Å². The van der Waals surface area contributed by atoms with E-state index in [-0.39, 0.29) is 17.7 Å². The number of hydrogen-bond donors (Lipinski definition) is 1. The summed E-state index contributed by atoms with van der Waals surface area (Å²) in [6.07, 6.45) is 5.43. The Morgan fingerprint density at radius 2 is 1.85 bits per heavy atom. The van der Waals surface area contributed by atoms with Gasteiger partial charge in [-0.3, -0.25) is 19.3 Å². The first-order valence-electron chi connectivity index (χ1n) is 7.10. The molecule has 6 nitrogen and oxygen atoms in total. The SMILES string of the molecule is CNC1CCN(C(=O)CCCN2C(=O)C=CC2=O)CC1. The molecule has 0 spiro atoms. The third-order valence-corrected chi connectivity index (χ3v) is 3.93. The number of amides is 3. The topological polar surface area (TPSA) is 69.7 Å². The number of nitrogens with zero attached hydrogens (tertiary/aromatic N) is 2. The van der Waals surface area contributed by atoms with E-state index in [2.05, 4.69) is 5.32 Å². The largest absolute Gasteiger partial charge is 0.343 e. The highest BCUT2D eigenvalue weighted by atomic mass is 16.2. The van der Waals surface area contributed by atoms with E-state index < -0.39 is 0 Å². The van der Waals surface area contributed by atoms with Crippen LogP contribution in [0, 0.1) is 0 Å². The standard InChI is InChI=1S/C14H21N3O3/c1-15-11-6-9-16(10-7-11)12(18)3-2-8-17-13(19)4-5-14(17)20/h4-5,11,15H,2-3,6-10H2,1H3. The molecule has 2 heterocycles. The lowest BCUT2D eigenvalue weighted by Crippen LogP contribution is -2.44. The second-order valence-corrected chi connectivity index (χ2v) is 5.21. The predicted molar refractivity (Wildman–Crippen MR) is 73.8 cm³/mol. The van der Waals surface area contributed by atoms with Crippen LogP contribution in [0.25, 0.3) is 0 Å². The molecule has 1 N–H and O–H groups in total. The summed E-state index contributed by atoms with van der Waals surface area (Å²) in [6, 6.07) is 0.505. The first-order chi connectivity index (χ1) is 9.61. The molecular formula is C14H21N3O3. The van der Waals surface area contributed by atoms with E-state index in [0.717, 1.165) is 25.9 Å². The maximum absolute atomic E-state index is 12.0. The maximum Gasteiger partial charge on any atom is 0.253 e. The van der Waals surface area contributed by atoms with E-state index in [4.69, 9.17) is 0 Å². The molecular weight excluding hydrogens is 258 g/mol. The van der Waals surface area contributed by atoms with Crippen LogP contribution in [0.2, 0.25) is 0 Å². The van der Waals surface area contributed by atoms with Crippen LogP contribution in [0.3, 0.4) is 0 Å². The molecule has 3 amide bonds. The van der Waals surface area contributed by atoms with Gasteiger partial charge in [0.2, 0.25) is 5.91 Å². The Balaban J connectivity index is 1.68. The Morgan fingerprint density at radius 3 is 2.40 bits per heavy atom. The van der Waals surface area contributed by atoms with Crippen LogP contribution in [-0.2, 0) is 14.4 Å². The van der Waals surface area contributed by atoms with Crippen LogP contribution in [0.5, 0.6) is 0 Å². The van der Waals surface area contributed by atoms with E-state index in [9.17, 15) is 14.4 Å². The summed E-state index contributed by atoms with van der Waals surface area (Å²) in [4.78, 5) is 37.8. The van der Waals surface area contributed by atoms with Crippen molar-refractivity contribution in [3.8, 4) is 0 Å². The fourth-order valence-corrected chi connectivity index (χ4v) is 2.62. The first-order valence-corrected chi connectivity index (χ1v) is 7.10. The molecule has 110 valence electrons. The molecule has 0 unspecified atom stereocenters. The molecule has 0 aromatic carbocycles. The Kier molecular flexibility index (Phi) is 4.89. The maximum atomic E-state index is 12.0. The average Bonchev–Trinajstić information content (AvgIpc) is 2.79. The molecule has 0 bridgehead atoms. The zero-order valence-electron chi connectivity index (χ0n) is 11.8. The van der Waals surface area contributed by atoms with E-state index in [0.29, 0.717) is 25.4 Å². The Labute approximate surface area is 118 Å². The van der Waals surface area contributed by atoms with E-state index in [1.54, 1.807) is 0 Å². The monoisotopic (exact) mass is 279 g/mol. The summed E-state index contributed by atoms with van der Waals surface area (Å²) >= 11 is 0. The summed E-state index contributed by atoms with van der Waals surface area (Å²) < 4.78 is 0. The molecule has 20 heavy (non-hydrogen) atoms. The zero-order chi connectivity index (χ0) is 14.5. The van der Waals surface area contributed by atoms with Crippen LogP contribution in [0.1, 0.15) is 25.7 Å². The summed E-state index contributed by atoms with van der Waals surface area (Å²) in [7, 11) is 1.94. The molecule has 2 aliphatic rings. The van der Waals surface area contributed by atoms with Gasteiger partial charge in [0, 0.05) is 44.2 Å². The lowest BCUT2D eigenvalue weighted by atomic mass is 10.0. The van der Waals surface area contributed by atoms with Crippen molar-refractivity contribution in [2.75, 3.05) is 26.7 Å². The van der Waals surface area contributed by atoms with E-state index >= 15 is 0 Å². The second-order valence-electron chi connectivity index (χ2n) is 5.21. The smallest absolute Gasteiger partial charge is 0.253 e. The lowest BCUT2D eigenvalue weighted by Gasteiger charge is -2.32. The highest BCUT2D eigenvalue weighted by molar-refractivity contribution is 6.12. The minimum absolute atomic E-state index is 0.117. The molecule has 1 saturated heterocycles. The summed E-state index contributed by atoms with van der Waals surface area (Å²) in [6.45, 7) is 1.89.